The number of Topliss-reactive ketones (excluding diaryl/α,β-unsaturated/α-hetero) is 1. The van der Waals surface area contributed by atoms with Crippen LogP contribution >= 0.6 is 0 Å². The van der Waals surface area contributed by atoms with Gasteiger partial charge in [-0.3, -0.25) is 14.6 Å². The molecule has 3 heterocycles. The number of ether oxygens (including phenoxy) is 2. The van der Waals surface area contributed by atoms with Crippen LogP contribution in [0.4, 0.5) is 0 Å². The summed E-state index contributed by atoms with van der Waals surface area (Å²) in [5.74, 6) is -0.0527. The molecule has 7 heteroatoms. The predicted molar refractivity (Wildman–Crippen MR) is 144 cm³/mol. The Morgan fingerprint density at radius 2 is 1.95 bits per heavy atom. The van der Waals surface area contributed by atoms with Crippen molar-refractivity contribution >= 4 is 17.4 Å². The Morgan fingerprint density at radius 1 is 1.13 bits per heavy atom. The van der Waals surface area contributed by atoms with Gasteiger partial charge in [-0.05, 0) is 66.4 Å². The molecule has 0 spiro atoms. The minimum atomic E-state index is -0.757. The standard InChI is InChI=1S/C31H32N2O5/c1-3-4-5-15-37-25-11-8-22(9-12-25)28-27(29(34)23-10-13-26-24(17-23)16-20(2)38-26)30(35)31(36)33(28)19-21-7-6-14-32-18-21/h6-14,17-18,20,28,34H,3-5,15-16,19H2,1-2H3/t20-,28+/m0/s1. The zero-order valence-corrected chi connectivity index (χ0v) is 21.7. The summed E-state index contributed by atoms with van der Waals surface area (Å²) >= 11 is 0. The van der Waals surface area contributed by atoms with E-state index in [9.17, 15) is 14.7 Å². The predicted octanol–water partition coefficient (Wildman–Crippen LogP) is 5.60. The van der Waals surface area contributed by atoms with E-state index >= 15 is 0 Å². The van der Waals surface area contributed by atoms with Gasteiger partial charge in [0, 0.05) is 30.9 Å². The molecule has 0 radical (unpaired) electrons. The molecule has 2 aromatic carbocycles. The van der Waals surface area contributed by atoms with Crippen LogP contribution in [0.25, 0.3) is 5.76 Å². The molecule has 1 aromatic heterocycles. The van der Waals surface area contributed by atoms with Crippen LogP contribution in [0.2, 0.25) is 0 Å². The van der Waals surface area contributed by atoms with Gasteiger partial charge in [0.15, 0.2) is 0 Å². The van der Waals surface area contributed by atoms with Gasteiger partial charge in [0.1, 0.15) is 23.4 Å². The number of likely N-dealkylation sites (tertiary alicyclic amines) is 1. The molecule has 3 aromatic rings. The van der Waals surface area contributed by atoms with Gasteiger partial charge in [-0.1, -0.05) is 38.0 Å². The lowest BCUT2D eigenvalue weighted by molar-refractivity contribution is -0.140. The molecular weight excluding hydrogens is 480 g/mol. The van der Waals surface area contributed by atoms with Crippen molar-refractivity contribution in [2.45, 2.75) is 58.2 Å². The average Bonchev–Trinajstić information content (AvgIpc) is 3.43. The maximum absolute atomic E-state index is 13.4. The van der Waals surface area contributed by atoms with E-state index in [1.165, 1.54) is 4.90 Å². The number of hydrogen-bond donors (Lipinski definition) is 1. The van der Waals surface area contributed by atoms with E-state index in [-0.39, 0.29) is 24.0 Å². The number of fused-ring (bicyclic) bond motifs is 1. The maximum Gasteiger partial charge on any atom is 0.295 e. The number of aromatic nitrogens is 1. The summed E-state index contributed by atoms with van der Waals surface area (Å²) in [5, 5.41) is 11.4. The van der Waals surface area contributed by atoms with E-state index in [1.807, 2.05) is 43.3 Å². The Kier molecular flexibility index (Phi) is 7.45. The average molecular weight is 513 g/mol. The van der Waals surface area contributed by atoms with E-state index in [0.29, 0.717) is 17.7 Å². The fourth-order valence-corrected chi connectivity index (χ4v) is 5.09. The molecule has 0 unspecified atom stereocenters. The number of carbonyl (C=O) groups is 2. The fourth-order valence-electron chi connectivity index (χ4n) is 5.09. The summed E-state index contributed by atoms with van der Waals surface area (Å²) in [6, 6.07) is 15.7. The molecule has 0 saturated carbocycles. The summed E-state index contributed by atoms with van der Waals surface area (Å²) < 4.78 is 11.6. The number of hydrogen-bond acceptors (Lipinski definition) is 6. The van der Waals surface area contributed by atoms with Crippen LogP contribution in [0.5, 0.6) is 11.5 Å². The summed E-state index contributed by atoms with van der Waals surface area (Å²) in [4.78, 5) is 32.3. The number of rotatable bonds is 9. The molecule has 7 nitrogen and oxygen atoms in total. The van der Waals surface area contributed by atoms with Crippen molar-refractivity contribution < 1.29 is 24.2 Å². The lowest BCUT2D eigenvalue weighted by atomic mass is 9.94. The number of pyridine rings is 1. The molecule has 1 saturated heterocycles. The van der Waals surface area contributed by atoms with Gasteiger partial charge in [0.05, 0.1) is 18.2 Å². The number of ketones is 1. The largest absolute Gasteiger partial charge is 0.507 e. The number of aliphatic hydroxyl groups is 1. The van der Waals surface area contributed by atoms with Crippen molar-refractivity contribution in [2.24, 2.45) is 0 Å². The number of benzene rings is 2. The van der Waals surface area contributed by atoms with Gasteiger partial charge in [0.25, 0.3) is 11.7 Å². The number of amides is 1. The van der Waals surface area contributed by atoms with E-state index in [2.05, 4.69) is 11.9 Å². The highest BCUT2D eigenvalue weighted by atomic mass is 16.5. The van der Waals surface area contributed by atoms with Crippen LogP contribution in [0, 0.1) is 0 Å². The van der Waals surface area contributed by atoms with Crippen molar-refractivity contribution in [1.29, 1.82) is 0 Å². The third-order valence-electron chi connectivity index (χ3n) is 7.00. The third kappa shape index (κ3) is 5.14. The highest BCUT2D eigenvalue weighted by molar-refractivity contribution is 6.46. The van der Waals surface area contributed by atoms with Crippen LogP contribution in [-0.4, -0.2) is 39.4 Å². The van der Waals surface area contributed by atoms with Crippen molar-refractivity contribution in [1.82, 2.24) is 9.88 Å². The molecule has 5 rings (SSSR count). The second-order valence-corrected chi connectivity index (χ2v) is 9.87. The molecule has 196 valence electrons. The van der Waals surface area contributed by atoms with E-state index < -0.39 is 17.7 Å². The SMILES string of the molecule is CCCCCOc1ccc([C@@H]2C(=C(O)c3ccc4c(c3)C[C@H](C)O4)C(=O)C(=O)N2Cc2cccnc2)cc1. The van der Waals surface area contributed by atoms with Gasteiger partial charge in [-0.25, -0.2) is 0 Å². The first-order valence-electron chi connectivity index (χ1n) is 13.2. The number of unbranched alkanes of at least 4 members (excludes halogenated alkanes) is 2. The normalized spacial score (nSPS) is 19.9. The first-order valence-corrected chi connectivity index (χ1v) is 13.2. The van der Waals surface area contributed by atoms with Crippen LogP contribution in [-0.2, 0) is 22.6 Å². The quantitative estimate of drug-likeness (QED) is 0.174. The van der Waals surface area contributed by atoms with Crippen LogP contribution in [0.15, 0.2) is 72.6 Å². The first-order chi connectivity index (χ1) is 18.5. The molecule has 2 atom stereocenters. The second kappa shape index (κ2) is 11.1. The Balaban J connectivity index is 1.52. The summed E-state index contributed by atoms with van der Waals surface area (Å²) in [6.45, 7) is 4.95. The van der Waals surface area contributed by atoms with Gasteiger partial charge in [0.2, 0.25) is 0 Å². The lowest BCUT2D eigenvalue weighted by Crippen LogP contribution is -2.29. The minimum Gasteiger partial charge on any atom is -0.507 e. The van der Waals surface area contributed by atoms with Gasteiger partial charge in [-0.15, -0.1) is 0 Å². The second-order valence-electron chi connectivity index (χ2n) is 9.87. The molecule has 1 fully saturated rings. The Morgan fingerprint density at radius 3 is 2.68 bits per heavy atom. The van der Waals surface area contributed by atoms with Crippen LogP contribution in [0.1, 0.15) is 61.4 Å². The topological polar surface area (TPSA) is 89.0 Å². The zero-order valence-electron chi connectivity index (χ0n) is 21.7. The number of nitrogens with zero attached hydrogens (tertiary/aromatic N) is 2. The van der Waals surface area contributed by atoms with Crippen LogP contribution in [0.3, 0.4) is 0 Å². The molecule has 2 aliphatic heterocycles. The first kappa shape index (κ1) is 25.5. The third-order valence-corrected chi connectivity index (χ3v) is 7.00. The molecular formula is C31H32N2O5. The van der Waals surface area contributed by atoms with E-state index in [1.54, 1.807) is 30.6 Å². The van der Waals surface area contributed by atoms with Crippen molar-refractivity contribution in [3.63, 3.8) is 0 Å². The van der Waals surface area contributed by atoms with Crippen LogP contribution < -0.4 is 9.47 Å². The number of aliphatic hydroxyl groups excluding tert-OH is 1. The van der Waals surface area contributed by atoms with Gasteiger partial charge in [-0.2, -0.15) is 0 Å². The maximum atomic E-state index is 13.4. The van der Waals surface area contributed by atoms with Crippen molar-refractivity contribution in [2.75, 3.05) is 6.61 Å². The van der Waals surface area contributed by atoms with Gasteiger partial charge < -0.3 is 19.5 Å². The molecule has 1 amide bonds. The lowest BCUT2D eigenvalue weighted by Gasteiger charge is -2.25. The summed E-state index contributed by atoms with van der Waals surface area (Å²) in [7, 11) is 0. The molecule has 2 aliphatic rings. The molecule has 1 N–H and O–H groups in total. The summed E-state index contributed by atoms with van der Waals surface area (Å²) in [5.41, 5.74) is 3.03. The molecule has 0 bridgehead atoms. The van der Waals surface area contributed by atoms with Crippen molar-refractivity contribution in [3.05, 3.63) is 94.8 Å². The molecule has 38 heavy (non-hydrogen) atoms. The highest BCUT2D eigenvalue weighted by Crippen LogP contribution is 2.41. The minimum absolute atomic E-state index is 0.0511. The Hall–Kier alpha value is -4.13. The smallest absolute Gasteiger partial charge is 0.295 e. The van der Waals surface area contributed by atoms with E-state index in [4.69, 9.17) is 9.47 Å². The van der Waals surface area contributed by atoms with Crippen molar-refractivity contribution in [3.8, 4) is 11.5 Å². The zero-order chi connectivity index (χ0) is 26.6. The highest BCUT2D eigenvalue weighted by Gasteiger charge is 2.46. The monoisotopic (exact) mass is 512 g/mol. The Bertz CT molecular complexity index is 1350. The molecule has 0 aliphatic carbocycles. The summed E-state index contributed by atoms with van der Waals surface area (Å²) in [6.07, 6.45) is 7.30. The van der Waals surface area contributed by atoms with Gasteiger partial charge >= 0.3 is 0 Å². The number of carbonyl (C=O) groups excluding carboxylic acids is 2. The Labute approximate surface area is 222 Å². The van der Waals surface area contributed by atoms with E-state index in [0.717, 1.165) is 48.3 Å². The fraction of sp³-hybridized carbons (Fsp3) is 0.323.